The first-order valence-electron chi connectivity index (χ1n) is 6.92. The van der Waals surface area contributed by atoms with E-state index >= 15 is 0 Å². The fourth-order valence-corrected chi connectivity index (χ4v) is 2.31. The van der Waals surface area contributed by atoms with Gasteiger partial charge >= 0.3 is 0 Å². The minimum atomic E-state index is 0.818. The van der Waals surface area contributed by atoms with Crippen LogP contribution in [0.5, 0.6) is 0 Å². The topological polar surface area (TPSA) is 15.3 Å². The van der Waals surface area contributed by atoms with Gasteiger partial charge in [0.05, 0.1) is 0 Å². The van der Waals surface area contributed by atoms with Crippen LogP contribution >= 0.6 is 11.6 Å². The van der Waals surface area contributed by atoms with Crippen LogP contribution in [0.4, 0.5) is 0 Å². The third kappa shape index (κ3) is 4.97. The van der Waals surface area contributed by atoms with Gasteiger partial charge in [0.2, 0.25) is 0 Å². The second-order valence-corrected chi connectivity index (χ2v) is 5.40. The van der Waals surface area contributed by atoms with Crippen molar-refractivity contribution in [1.29, 1.82) is 0 Å². The zero-order valence-corrected chi connectivity index (χ0v) is 12.6. The molecular formula is C17H21ClN2. The number of likely N-dealkylation sites (N-methyl/N-ethyl adjacent to an activating group) is 1. The molecule has 2 nitrogen and oxygen atoms in total. The second-order valence-electron chi connectivity index (χ2n) is 4.99. The molecule has 0 amide bonds. The summed E-state index contributed by atoms with van der Waals surface area (Å²) in [6.45, 7) is 3.77. The minimum absolute atomic E-state index is 0.818. The van der Waals surface area contributed by atoms with Gasteiger partial charge in [-0.1, -0.05) is 60.1 Å². The van der Waals surface area contributed by atoms with Crippen LogP contribution in [-0.4, -0.2) is 25.0 Å². The molecule has 0 bridgehead atoms. The Morgan fingerprint density at radius 2 is 1.70 bits per heavy atom. The van der Waals surface area contributed by atoms with Gasteiger partial charge in [0.1, 0.15) is 0 Å². The lowest BCUT2D eigenvalue weighted by atomic mass is 10.2. The Hall–Kier alpha value is -1.35. The fourth-order valence-electron chi connectivity index (χ4n) is 2.11. The van der Waals surface area contributed by atoms with Gasteiger partial charge in [-0.3, -0.25) is 0 Å². The van der Waals surface area contributed by atoms with E-state index in [9.17, 15) is 0 Å². The third-order valence-corrected chi connectivity index (χ3v) is 3.61. The SMILES string of the molecule is CN(CCNCc1ccccc1Cl)Cc1ccccc1. The van der Waals surface area contributed by atoms with E-state index in [1.807, 2.05) is 18.2 Å². The highest BCUT2D eigenvalue weighted by atomic mass is 35.5. The molecule has 0 saturated carbocycles. The van der Waals surface area contributed by atoms with Crippen LogP contribution < -0.4 is 5.32 Å². The molecule has 2 aromatic rings. The molecule has 1 N–H and O–H groups in total. The van der Waals surface area contributed by atoms with Crippen LogP contribution in [0.1, 0.15) is 11.1 Å². The zero-order chi connectivity index (χ0) is 14.2. The minimum Gasteiger partial charge on any atom is -0.311 e. The molecule has 20 heavy (non-hydrogen) atoms. The first-order valence-corrected chi connectivity index (χ1v) is 7.30. The molecule has 0 unspecified atom stereocenters. The van der Waals surface area contributed by atoms with E-state index in [4.69, 9.17) is 11.6 Å². The van der Waals surface area contributed by atoms with Gasteiger partial charge in [-0.25, -0.2) is 0 Å². The molecule has 0 saturated heterocycles. The van der Waals surface area contributed by atoms with Crippen LogP contribution in [-0.2, 0) is 13.1 Å². The maximum Gasteiger partial charge on any atom is 0.0450 e. The summed E-state index contributed by atoms with van der Waals surface area (Å²) in [6, 6.07) is 18.5. The van der Waals surface area contributed by atoms with Crippen molar-refractivity contribution in [2.24, 2.45) is 0 Å². The number of nitrogens with one attached hydrogen (secondary N) is 1. The summed E-state index contributed by atoms with van der Waals surface area (Å²) in [5.41, 5.74) is 2.50. The van der Waals surface area contributed by atoms with E-state index in [1.54, 1.807) is 0 Å². The molecule has 2 rings (SSSR count). The molecule has 106 valence electrons. The Morgan fingerprint density at radius 1 is 1.00 bits per heavy atom. The quantitative estimate of drug-likeness (QED) is 0.784. The number of rotatable bonds is 7. The normalized spacial score (nSPS) is 10.9. The van der Waals surface area contributed by atoms with Gasteiger partial charge in [-0.05, 0) is 24.2 Å². The van der Waals surface area contributed by atoms with Crippen LogP contribution in [0.15, 0.2) is 54.6 Å². The Balaban J connectivity index is 1.67. The Morgan fingerprint density at radius 3 is 2.45 bits per heavy atom. The molecule has 0 aliphatic heterocycles. The Labute approximate surface area is 126 Å². The van der Waals surface area contributed by atoms with Crippen LogP contribution in [0.2, 0.25) is 5.02 Å². The van der Waals surface area contributed by atoms with Crippen molar-refractivity contribution in [2.75, 3.05) is 20.1 Å². The second kappa shape index (κ2) is 8.05. The van der Waals surface area contributed by atoms with E-state index in [0.717, 1.165) is 36.8 Å². The van der Waals surface area contributed by atoms with Crippen LogP contribution in [0.25, 0.3) is 0 Å². The summed E-state index contributed by atoms with van der Waals surface area (Å²) in [6.07, 6.45) is 0. The molecular weight excluding hydrogens is 268 g/mol. The summed E-state index contributed by atoms with van der Waals surface area (Å²) < 4.78 is 0. The van der Waals surface area contributed by atoms with Gasteiger partial charge in [0, 0.05) is 31.2 Å². The number of benzene rings is 2. The maximum atomic E-state index is 6.12. The molecule has 0 radical (unpaired) electrons. The van der Waals surface area contributed by atoms with Gasteiger partial charge in [0.25, 0.3) is 0 Å². The first-order chi connectivity index (χ1) is 9.75. The number of hydrogen-bond acceptors (Lipinski definition) is 2. The summed E-state index contributed by atoms with van der Waals surface area (Å²) in [4.78, 5) is 2.31. The number of hydrogen-bond donors (Lipinski definition) is 1. The van der Waals surface area contributed by atoms with E-state index in [-0.39, 0.29) is 0 Å². The van der Waals surface area contributed by atoms with E-state index < -0.39 is 0 Å². The van der Waals surface area contributed by atoms with E-state index in [2.05, 4.69) is 53.7 Å². The van der Waals surface area contributed by atoms with Crippen molar-refractivity contribution < 1.29 is 0 Å². The molecule has 0 fully saturated rings. The molecule has 0 spiro atoms. The lowest BCUT2D eigenvalue weighted by molar-refractivity contribution is 0.324. The highest BCUT2D eigenvalue weighted by Crippen LogP contribution is 2.14. The summed E-state index contributed by atoms with van der Waals surface area (Å²) in [5, 5.41) is 4.26. The lowest BCUT2D eigenvalue weighted by Crippen LogP contribution is -2.28. The van der Waals surface area contributed by atoms with Crippen LogP contribution in [0.3, 0.4) is 0 Å². The Bertz CT molecular complexity index is 513. The fraction of sp³-hybridized carbons (Fsp3) is 0.294. The Kier molecular flexibility index (Phi) is 6.06. The summed E-state index contributed by atoms with van der Waals surface area (Å²) in [5.74, 6) is 0. The third-order valence-electron chi connectivity index (χ3n) is 3.24. The number of halogens is 1. The average Bonchev–Trinajstić information content (AvgIpc) is 2.46. The van der Waals surface area contributed by atoms with Crippen molar-refractivity contribution in [1.82, 2.24) is 10.2 Å². The summed E-state index contributed by atoms with van der Waals surface area (Å²) >= 11 is 6.12. The maximum absolute atomic E-state index is 6.12. The van der Waals surface area contributed by atoms with Crippen molar-refractivity contribution >= 4 is 11.6 Å². The van der Waals surface area contributed by atoms with Crippen molar-refractivity contribution in [3.8, 4) is 0 Å². The largest absolute Gasteiger partial charge is 0.311 e. The smallest absolute Gasteiger partial charge is 0.0450 e. The molecule has 2 aromatic carbocycles. The molecule has 0 aliphatic carbocycles. The molecule has 0 aliphatic rings. The molecule has 0 aromatic heterocycles. The predicted octanol–water partition coefficient (Wildman–Crippen LogP) is 3.56. The first kappa shape index (κ1) is 15.0. The molecule has 0 heterocycles. The zero-order valence-electron chi connectivity index (χ0n) is 11.8. The van der Waals surface area contributed by atoms with Gasteiger partial charge in [-0.2, -0.15) is 0 Å². The van der Waals surface area contributed by atoms with E-state index in [0.29, 0.717) is 0 Å². The predicted molar refractivity (Wildman–Crippen MR) is 85.9 cm³/mol. The van der Waals surface area contributed by atoms with E-state index in [1.165, 1.54) is 5.56 Å². The van der Waals surface area contributed by atoms with Gasteiger partial charge < -0.3 is 10.2 Å². The van der Waals surface area contributed by atoms with Crippen molar-refractivity contribution in [3.63, 3.8) is 0 Å². The van der Waals surface area contributed by atoms with Gasteiger partial charge in [0.15, 0.2) is 0 Å². The monoisotopic (exact) mass is 288 g/mol. The van der Waals surface area contributed by atoms with Crippen molar-refractivity contribution in [3.05, 3.63) is 70.7 Å². The average molecular weight is 289 g/mol. The molecule has 0 atom stereocenters. The lowest BCUT2D eigenvalue weighted by Gasteiger charge is -2.17. The number of nitrogens with zero attached hydrogens (tertiary/aromatic N) is 1. The standard InChI is InChI=1S/C17H21ClN2/c1-20(14-15-7-3-2-4-8-15)12-11-19-13-16-9-5-6-10-17(16)18/h2-10,19H,11-14H2,1H3. The highest BCUT2D eigenvalue weighted by Gasteiger charge is 2.01. The van der Waals surface area contributed by atoms with Crippen LogP contribution in [0, 0.1) is 0 Å². The van der Waals surface area contributed by atoms with Crippen molar-refractivity contribution in [2.45, 2.75) is 13.1 Å². The van der Waals surface area contributed by atoms with Gasteiger partial charge in [-0.15, -0.1) is 0 Å². The highest BCUT2D eigenvalue weighted by molar-refractivity contribution is 6.31. The summed E-state index contributed by atoms with van der Waals surface area (Å²) in [7, 11) is 2.14. The molecule has 3 heteroatoms.